The van der Waals surface area contributed by atoms with Crippen LogP contribution >= 0.6 is 0 Å². The van der Waals surface area contributed by atoms with Crippen molar-refractivity contribution < 1.29 is 0 Å². The molecule has 1 aliphatic rings. The Labute approximate surface area is 375 Å². The summed E-state index contributed by atoms with van der Waals surface area (Å²) in [5.74, 6) is 0. The molecule has 1 aliphatic carbocycles. The Morgan fingerprint density at radius 1 is 0.297 bits per heavy atom. The fourth-order valence-corrected chi connectivity index (χ4v) is 10.5. The van der Waals surface area contributed by atoms with Crippen molar-refractivity contribution in [2.75, 3.05) is 4.90 Å². The molecular weight excluding hydrogens is 771 g/mol. The minimum atomic E-state index is -0.161. The van der Waals surface area contributed by atoms with Crippen molar-refractivity contribution in [2.45, 2.75) is 19.3 Å². The van der Waals surface area contributed by atoms with E-state index >= 15 is 0 Å². The molecule has 0 spiro atoms. The highest BCUT2D eigenvalue weighted by molar-refractivity contribution is 6.17. The van der Waals surface area contributed by atoms with Gasteiger partial charge in [-0.1, -0.05) is 208 Å². The Balaban J connectivity index is 1.12. The van der Waals surface area contributed by atoms with Crippen LogP contribution in [0.25, 0.3) is 88.0 Å². The topological polar surface area (TPSA) is 3.24 Å². The van der Waals surface area contributed by atoms with Crippen molar-refractivity contribution in [3.63, 3.8) is 0 Å². The van der Waals surface area contributed by atoms with Gasteiger partial charge in [-0.15, -0.1) is 0 Å². The molecule has 1 heteroatoms. The summed E-state index contributed by atoms with van der Waals surface area (Å²) in [5, 5.41) is 7.44. The fraction of sp³-hybridized carbons (Fsp3) is 0.0476. The van der Waals surface area contributed by atoms with E-state index in [9.17, 15) is 0 Å². The molecule has 0 amide bonds. The highest BCUT2D eigenvalue weighted by Crippen LogP contribution is 2.53. The molecular formula is C63H45N. The summed E-state index contributed by atoms with van der Waals surface area (Å²) in [6.07, 6.45) is 0. The van der Waals surface area contributed by atoms with Gasteiger partial charge >= 0.3 is 0 Å². The van der Waals surface area contributed by atoms with Crippen LogP contribution in [0.1, 0.15) is 25.0 Å². The van der Waals surface area contributed by atoms with Crippen LogP contribution < -0.4 is 4.90 Å². The van der Waals surface area contributed by atoms with Gasteiger partial charge in [-0.25, -0.2) is 0 Å². The zero-order valence-corrected chi connectivity index (χ0v) is 36.0. The van der Waals surface area contributed by atoms with Crippen LogP contribution in [0.2, 0.25) is 0 Å². The number of anilines is 3. The molecule has 11 aromatic rings. The molecule has 302 valence electrons. The Morgan fingerprint density at radius 3 is 1.66 bits per heavy atom. The van der Waals surface area contributed by atoms with Crippen molar-refractivity contribution in [1.29, 1.82) is 0 Å². The second kappa shape index (κ2) is 15.1. The Hall–Kier alpha value is -8.00. The van der Waals surface area contributed by atoms with E-state index < -0.39 is 0 Å². The summed E-state index contributed by atoms with van der Waals surface area (Å²) < 4.78 is 0. The first-order valence-corrected chi connectivity index (χ1v) is 22.3. The normalized spacial score (nSPS) is 12.7. The van der Waals surface area contributed by atoms with Crippen molar-refractivity contribution in [3.8, 4) is 55.6 Å². The summed E-state index contributed by atoms with van der Waals surface area (Å²) in [6.45, 7) is 4.74. The van der Waals surface area contributed by atoms with Gasteiger partial charge in [-0.2, -0.15) is 0 Å². The second-order valence-corrected chi connectivity index (χ2v) is 17.6. The molecule has 0 aromatic heterocycles. The summed E-state index contributed by atoms with van der Waals surface area (Å²) in [6, 6.07) is 87.4. The van der Waals surface area contributed by atoms with Gasteiger partial charge in [0, 0.05) is 22.4 Å². The lowest BCUT2D eigenvalue weighted by atomic mass is 9.82. The summed E-state index contributed by atoms with van der Waals surface area (Å²) in [5.41, 5.74) is 18.1. The Morgan fingerprint density at radius 2 is 0.844 bits per heavy atom. The maximum absolute atomic E-state index is 2.51. The first kappa shape index (κ1) is 37.7. The van der Waals surface area contributed by atoms with Gasteiger partial charge in [0.25, 0.3) is 0 Å². The van der Waals surface area contributed by atoms with Crippen molar-refractivity contribution in [2.24, 2.45) is 0 Å². The molecule has 0 unspecified atom stereocenters. The third-order valence-corrected chi connectivity index (χ3v) is 13.7. The average molecular weight is 816 g/mol. The SMILES string of the molecule is CC1(C)c2ccccc2-c2ccc(N(c3ccc(-c4cccc(-c5ccccc5)c4)cc3)c3cccc(-c4cc5ccccc5c5ccccc45)c3-c3cccc4ccccc34)cc21. The first-order chi connectivity index (χ1) is 31.5. The molecule has 0 radical (unpaired) electrons. The minimum Gasteiger partial charge on any atom is -0.310 e. The van der Waals surface area contributed by atoms with E-state index in [0.717, 1.165) is 17.1 Å². The first-order valence-electron chi connectivity index (χ1n) is 22.3. The van der Waals surface area contributed by atoms with Crippen molar-refractivity contribution in [3.05, 3.63) is 248 Å². The van der Waals surface area contributed by atoms with Crippen LogP contribution in [0, 0.1) is 0 Å². The van der Waals surface area contributed by atoms with Crippen molar-refractivity contribution >= 4 is 49.4 Å². The Bertz CT molecular complexity index is 3570. The lowest BCUT2D eigenvalue weighted by Gasteiger charge is -2.31. The minimum absolute atomic E-state index is 0.161. The fourth-order valence-electron chi connectivity index (χ4n) is 10.5. The Kier molecular flexibility index (Phi) is 8.91. The highest BCUT2D eigenvalue weighted by atomic mass is 15.1. The summed E-state index contributed by atoms with van der Waals surface area (Å²) >= 11 is 0. The maximum atomic E-state index is 2.51. The molecule has 0 N–H and O–H groups in total. The van der Waals surface area contributed by atoms with E-state index in [1.165, 1.54) is 99.1 Å². The smallest absolute Gasteiger partial charge is 0.0546 e. The zero-order chi connectivity index (χ0) is 42.8. The second-order valence-electron chi connectivity index (χ2n) is 17.6. The van der Waals surface area contributed by atoms with Gasteiger partial charge in [0.1, 0.15) is 0 Å². The number of benzene rings is 11. The van der Waals surface area contributed by atoms with Crippen LogP contribution in [-0.2, 0) is 5.41 Å². The van der Waals surface area contributed by atoms with E-state index in [4.69, 9.17) is 0 Å². The van der Waals surface area contributed by atoms with Gasteiger partial charge in [0.05, 0.1) is 5.69 Å². The molecule has 0 atom stereocenters. The molecule has 0 aliphatic heterocycles. The third kappa shape index (κ3) is 6.15. The van der Waals surface area contributed by atoms with Gasteiger partial charge < -0.3 is 4.90 Å². The molecule has 0 fully saturated rings. The molecule has 64 heavy (non-hydrogen) atoms. The largest absolute Gasteiger partial charge is 0.310 e. The zero-order valence-electron chi connectivity index (χ0n) is 36.0. The molecule has 0 heterocycles. The monoisotopic (exact) mass is 815 g/mol. The summed E-state index contributed by atoms with van der Waals surface area (Å²) in [7, 11) is 0. The highest BCUT2D eigenvalue weighted by Gasteiger charge is 2.36. The van der Waals surface area contributed by atoms with Gasteiger partial charge in [0.2, 0.25) is 0 Å². The quantitative estimate of drug-likeness (QED) is 0.145. The van der Waals surface area contributed by atoms with E-state index in [2.05, 4.69) is 255 Å². The van der Waals surface area contributed by atoms with E-state index in [-0.39, 0.29) is 5.41 Å². The van der Waals surface area contributed by atoms with Gasteiger partial charge in [-0.05, 0) is 136 Å². The van der Waals surface area contributed by atoms with E-state index in [1.54, 1.807) is 0 Å². The number of nitrogens with zero attached hydrogens (tertiary/aromatic N) is 1. The lowest BCUT2D eigenvalue weighted by molar-refractivity contribution is 0.660. The predicted octanol–water partition coefficient (Wildman–Crippen LogP) is 17.6. The van der Waals surface area contributed by atoms with E-state index in [1.807, 2.05) is 0 Å². The average Bonchev–Trinajstić information content (AvgIpc) is 3.59. The lowest BCUT2D eigenvalue weighted by Crippen LogP contribution is -2.17. The van der Waals surface area contributed by atoms with Gasteiger partial charge in [0.15, 0.2) is 0 Å². The number of fused-ring (bicyclic) bond motifs is 7. The predicted molar refractivity (Wildman–Crippen MR) is 273 cm³/mol. The third-order valence-electron chi connectivity index (χ3n) is 13.7. The molecule has 0 saturated heterocycles. The van der Waals surface area contributed by atoms with E-state index in [0.29, 0.717) is 0 Å². The molecule has 0 saturated carbocycles. The van der Waals surface area contributed by atoms with Crippen LogP contribution in [0.4, 0.5) is 17.1 Å². The van der Waals surface area contributed by atoms with Gasteiger partial charge in [-0.3, -0.25) is 0 Å². The van der Waals surface area contributed by atoms with Crippen LogP contribution in [-0.4, -0.2) is 0 Å². The number of rotatable bonds is 7. The molecule has 0 bridgehead atoms. The van der Waals surface area contributed by atoms with Crippen molar-refractivity contribution in [1.82, 2.24) is 0 Å². The maximum Gasteiger partial charge on any atom is 0.0546 e. The molecule has 12 rings (SSSR count). The van der Waals surface area contributed by atoms with Crippen LogP contribution in [0.15, 0.2) is 237 Å². The van der Waals surface area contributed by atoms with Crippen LogP contribution in [0.5, 0.6) is 0 Å². The summed E-state index contributed by atoms with van der Waals surface area (Å²) in [4.78, 5) is 2.51. The number of hydrogen-bond donors (Lipinski definition) is 0. The molecule has 11 aromatic carbocycles. The molecule has 1 nitrogen and oxygen atoms in total. The standard InChI is InChI=1S/C63H45N/c1-63(2)59-31-13-12-28-54(59)55-38-37-49(41-60(55)63)64(48-35-33-43(34-36-48)46-23-14-22-45(39-46)42-17-4-3-5-18-42)61-32-16-30-57(62(61)56-29-15-21-44-19-6-8-24-50(44)56)58-40-47-20-7-9-25-51(47)52-26-10-11-27-53(52)58/h3-41H,1-2H3. The van der Waals surface area contributed by atoms with Crippen LogP contribution in [0.3, 0.4) is 0 Å². The number of hydrogen-bond acceptors (Lipinski definition) is 1.